The first-order valence-corrected chi connectivity index (χ1v) is 11.7. The molecule has 9 heteroatoms. The number of nitrogens with zero attached hydrogens (tertiary/aromatic N) is 4. The van der Waals surface area contributed by atoms with Gasteiger partial charge in [0.25, 0.3) is 0 Å². The highest BCUT2D eigenvalue weighted by Gasteiger charge is 2.21. The molecule has 0 saturated carbocycles. The average molecular weight is 481 g/mol. The summed E-state index contributed by atoms with van der Waals surface area (Å²) < 4.78 is 1.76. The number of hydrogen-bond donors (Lipinski definition) is 4. The highest BCUT2D eigenvalue weighted by Crippen LogP contribution is 2.27. The molecule has 0 aliphatic heterocycles. The monoisotopic (exact) mass is 480 g/mol. The normalized spacial score (nSPS) is 11.4. The summed E-state index contributed by atoms with van der Waals surface area (Å²) in [5.74, 6) is 1.30. The van der Waals surface area contributed by atoms with E-state index < -0.39 is 0 Å². The summed E-state index contributed by atoms with van der Waals surface area (Å²) in [5, 5.41) is 14.8. The molecule has 3 heterocycles. The second-order valence-corrected chi connectivity index (χ2v) is 9.66. The number of carbonyl (C=O) groups is 1. The highest BCUT2D eigenvalue weighted by atomic mass is 16.2. The van der Waals surface area contributed by atoms with Crippen molar-refractivity contribution in [3.63, 3.8) is 0 Å². The van der Waals surface area contributed by atoms with Crippen molar-refractivity contribution in [2.45, 2.75) is 33.1 Å². The molecule has 0 saturated heterocycles. The number of fused-ring (bicyclic) bond motifs is 1. The van der Waals surface area contributed by atoms with Gasteiger partial charge < -0.3 is 15.6 Å². The molecule has 36 heavy (non-hydrogen) atoms. The van der Waals surface area contributed by atoms with E-state index in [2.05, 4.69) is 51.7 Å². The van der Waals surface area contributed by atoms with Gasteiger partial charge in [-0.2, -0.15) is 5.10 Å². The fourth-order valence-corrected chi connectivity index (χ4v) is 3.74. The number of aromatic nitrogens is 5. The van der Waals surface area contributed by atoms with Gasteiger partial charge in [-0.1, -0.05) is 38.5 Å². The fraction of sp³-hybridized carbons (Fsp3) is 0.185. The Kier molecular flexibility index (Phi) is 5.89. The molecule has 0 radical (unpaired) electrons. The Hall–Kier alpha value is -4.66. The predicted molar refractivity (Wildman–Crippen MR) is 143 cm³/mol. The second kappa shape index (κ2) is 9.18. The number of carbonyl (C=O) groups excluding carboxylic acids is 1. The minimum atomic E-state index is -0.353. The summed E-state index contributed by atoms with van der Waals surface area (Å²) in [4.78, 5) is 24.5. The Bertz CT molecular complexity index is 1510. The molecule has 0 atom stereocenters. The number of amides is 2. The molecule has 2 aromatic carbocycles. The van der Waals surface area contributed by atoms with E-state index in [1.54, 1.807) is 4.68 Å². The van der Waals surface area contributed by atoms with E-state index in [0.717, 1.165) is 33.7 Å². The van der Waals surface area contributed by atoms with Crippen molar-refractivity contribution in [1.82, 2.24) is 24.7 Å². The molecule has 5 rings (SSSR count). The van der Waals surface area contributed by atoms with E-state index in [0.29, 0.717) is 17.3 Å². The van der Waals surface area contributed by atoms with Gasteiger partial charge >= 0.3 is 6.03 Å². The van der Waals surface area contributed by atoms with Crippen molar-refractivity contribution < 1.29 is 4.79 Å². The van der Waals surface area contributed by atoms with Gasteiger partial charge in [0.05, 0.1) is 16.8 Å². The Morgan fingerprint density at radius 1 is 0.917 bits per heavy atom. The molecule has 0 fully saturated rings. The molecule has 9 nitrogen and oxygen atoms in total. The third-order valence-corrected chi connectivity index (χ3v) is 5.76. The van der Waals surface area contributed by atoms with Gasteiger partial charge in [-0.15, -0.1) is 0 Å². The standard InChI is InChI=1S/C27H28N8O/c1-17-5-11-20(12-6-17)35-23(15-22(34-35)27(2,3)4)33-26(36)32-19-9-7-18(8-10-19)31-25-21-13-14-28-24(21)29-16-30-25/h5-16H,1-4H3,(H2,32,33,36)(H2,28,29,30,31). The lowest BCUT2D eigenvalue weighted by Gasteiger charge is -2.14. The SMILES string of the molecule is Cc1ccc(-n2nc(C(C)(C)C)cc2NC(=O)Nc2ccc(Nc3ncnc4[nH]ccc34)cc2)cc1. The number of rotatable bonds is 5. The van der Waals surface area contributed by atoms with E-state index in [-0.39, 0.29) is 11.4 Å². The van der Waals surface area contributed by atoms with Gasteiger partial charge in [-0.05, 0) is 49.4 Å². The lowest BCUT2D eigenvalue weighted by Crippen LogP contribution is -2.21. The number of urea groups is 1. The van der Waals surface area contributed by atoms with E-state index in [9.17, 15) is 4.79 Å². The highest BCUT2D eigenvalue weighted by molar-refractivity contribution is 5.99. The Morgan fingerprint density at radius 2 is 1.64 bits per heavy atom. The molecular formula is C27H28N8O. The zero-order valence-corrected chi connectivity index (χ0v) is 20.6. The maximum Gasteiger partial charge on any atom is 0.324 e. The van der Waals surface area contributed by atoms with Crippen molar-refractivity contribution in [1.29, 1.82) is 0 Å². The second-order valence-electron chi connectivity index (χ2n) is 9.66. The number of nitrogens with one attached hydrogen (secondary N) is 4. The van der Waals surface area contributed by atoms with Crippen molar-refractivity contribution in [2.75, 3.05) is 16.0 Å². The summed E-state index contributed by atoms with van der Waals surface area (Å²) in [5.41, 5.74) is 5.02. The minimum Gasteiger partial charge on any atom is -0.346 e. The van der Waals surface area contributed by atoms with Crippen LogP contribution in [0.1, 0.15) is 32.0 Å². The van der Waals surface area contributed by atoms with Crippen molar-refractivity contribution in [3.05, 3.63) is 84.4 Å². The summed E-state index contributed by atoms with van der Waals surface area (Å²) >= 11 is 0. The van der Waals surface area contributed by atoms with Crippen LogP contribution >= 0.6 is 0 Å². The van der Waals surface area contributed by atoms with Crippen molar-refractivity contribution >= 4 is 40.1 Å². The third-order valence-electron chi connectivity index (χ3n) is 5.76. The third kappa shape index (κ3) is 4.90. The van der Waals surface area contributed by atoms with Crippen LogP contribution in [0.3, 0.4) is 0 Å². The van der Waals surface area contributed by atoms with Gasteiger partial charge in [0, 0.05) is 29.1 Å². The Labute approximate surface area is 209 Å². The topological polar surface area (TPSA) is 113 Å². The number of hydrogen-bond acceptors (Lipinski definition) is 5. The molecule has 4 N–H and O–H groups in total. The van der Waals surface area contributed by atoms with Crippen LogP contribution in [0, 0.1) is 6.92 Å². The lowest BCUT2D eigenvalue weighted by molar-refractivity contribution is 0.262. The van der Waals surface area contributed by atoms with E-state index in [1.807, 2.05) is 73.8 Å². The number of H-pyrrole nitrogens is 1. The van der Waals surface area contributed by atoms with E-state index in [1.165, 1.54) is 6.33 Å². The maximum atomic E-state index is 12.9. The quantitative estimate of drug-likeness (QED) is 0.241. The fourth-order valence-electron chi connectivity index (χ4n) is 3.74. The van der Waals surface area contributed by atoms with Crippen LogP contribution in [0.15, 0.2) is 73.2 Å². The molecular weight excluding hydrogens is 452 g/mol. The van der Waals surface area contributed by atoms with Crippen LogP contribution in [0.4, 0.5) is 27.8 Å². The predicted octanol–water partition coefficient (Wildman–Crippen LogP) is 6.14. The zero-order chi connectivity index (χ0) is 25.3. The number of anilines is 4. The molecule has 5 aromatic rings. The molecule has 3 aromatic heterocycles. The van der Waals surface area contributed by atoms with Crippen LogP contribution in [-0.4, -0.2) is 30.8 Å². The lowest BCUT2D eigenvalue weighted by atomic mass is 9.92. The van der Waals surface area contributed by atoms with Gasteiger partial charge in [-0.3, -0.25) is 5.32 Å². The summed E-state index contributed by atoms with van der Waals surface area (Å²) in [6.45, 7) is 8.32. The molecule has 0 bridgehead atoms. The van der Waals surface area contributed by atoms with Crippen LogP contribution in [0.25, 0.3) is 16.7 Å². The molecule has 0 unspecified atom stereocenters. The number of aryl methyl sites for hydroxylation is 1. The van der Waals surface area contributed by atoms with Crippen molar-refractivity contribution in [3.8, 4) is 5.69 Å². The zero-order valence-electron chi connectivity index (χ0n) is 20.6. The molecule has 2 amide bonds. The van der Waals surface area contributed by atoms with Crippen LogP contribution in [0.5, 0.6) is 0 Å². The molecule has 0 spiro atoms. The minimum absolute atomic E-state index is 0.165. The first kappa shape index (κ1) is 23.1. The Balaban J connectivity index is 1.30. The smallest absolute Gasteiger partial charge is 0.324 e. The van der Waals surface area contributed by atoms with Crippen LogP contribution < -0.4 is 16.0 Å². The van der Waals surface area contributed by atoms with Gasteiger partial charge in [0.1, 0.15) is 23.6 Å². The van der Waals surface area contributed by atoms with Gasteiger partial charge in [-0.25, -0.2) is 19.4 Å². The first-order chi connectivity index (χ1) is 17.3. The summed E-state index contributed by atoms with van der Waals surface area (Å²) in [6.07, 6.45) is 3.33. The average Bonchev–Trinajstić information content (AvgIpc) is 3.49. The van der Waals surface area contributed by atoms with Crippen molar-refractivity contribution in [2.24, 2.45) is 0 Å². The van der Waals surface area contributed by atoms with Gasteiger partial charge in [0.2, 0.25) is 0 Å². The summed E-state index contributed by atoms with van der Waals surface area (Å²) in [6, 6.07) is 18.9. The van der Waals surface area contributed by atoms with Crippen LogP contribution in [-0.2, 0) is 5.41 Å². The van der Waals surface area contributed by atoms with Crippen LogP contribution in [0.2, 0.25) is 0 Å². The molecule has 0 aliphatic carbocycles. The number of benzene rings is 2. The van der Waals surface area contributed by atoms with Gasteiger partial charge in [0.15, 0.2) is 0 Å². The van der Waals surface area contributed by atoms with E-state index >= 15 is 0 Å². The first-order valence-electron chi connectivity index (χ1n) is 11.7. The Morgan fingerprint density at radius 3 is 2.36 bits per heavy atom. The molecule has 0 aliphatic rings. The maximum absolute atomic E-state index is 12.9. The number of aromatic amines is 1. The largest absolute Gasteiger partial charge is 0.346 e. The van der Waals surface area contributed by atoms with E-state index in [4.69, 9.17) is 5.10 Å². The summed E-state index contributed by atoms with van der Waals surface area (Å²) in [7, 11) is 0. The molecule has 182 valence electrons.